The number of hydrogen-bond acceptors (Lipinski definition) is 3. The van der Waals surface area contributed by atoms with Gasteiger partial charge in [-0.1, -0.05) is 12.1 Å². The first-order chi connectivity index (χ1) is 13.8. The van der Waals surface area contributed by atoms with Gasteiger partial charge in [0.25, 0.3) is 11.8 Å². The molecule has 0 bridgehead atoms. The molecule has 0 radical (unpaired) electrons. The lowest BCUT2D eigenvalue weighted by Gasteiger charge is -2.18. The summed E-state index contributed by atoms with van der Waals surface area (Å²) >= 11 is 0. The maximum Gasteiger partial charge on any atom is 0.319 e. The van der Waals surface area contributed by atoms with Crippen molar-refractivity contribution in [1.29, 1.82) is 0 Å². The number of para-hydroxylation sites is 1. The first kappa shape index (κ1) is 21.9. The molecule has 0 aliphatic rings. The maximum atomic E-state index is 12.7. The fourth-order valence-electron chi connectivity index (χ4n) is 2.80. The van der Waals surface area contributed by atoms with Gasteiger partial charge in [0.1, 0.15) is 0 Å². The smallest absolute Gasteiger partial charge is 0.319 e. The highest BCUT2D eigenvalue weighted by atomic mass is 16.2. The molecule has 4 amide bonds. The molecular weight excluding hydrogens is 368 g/mol. The van der Waals surface area contributed by atoms with E-state index in [-0.39, 0.29) is 23.9 Å². The number of carbonyl (C=O) groups is 3. The predicted molar refractivity (Wildman–Crippen MR) is 115 cm³/mol. The Balaban J connectivity index is 2.11. The lowest BCUT2D eigenvalue weighted by Crippen LogP contribution is -2.34. The van der Waals surface area contributed by atoms with Gasteiger partial charge < -0.3 is 20.9 Å². The van der Waals surface area contributed by atoms with Crippen LogP contribution in [0.25, 0.3) is 0 Å². The number of nitrogens with one attached hydrogen (secondary N) is 3. The minimum atomic E-state index is -0.375. The fourth-order valence-corrected chi connectivity index (χ4v) is 2.80. The van der Waals surface area contributed by atoms with Gasteiger partial charge in [-0.2, -0.15) is 0 Å². The van der Waals surface area contributed by atoms with Crippen molar-refractivity contribution in [1.82, 2.24) is 10.2 Å². The number of hydrogen-bond donors (Lipinski definition) is 3. The molecule has 0 aliphatic heterocycles. The highest BCUT2D eigenvalue weighted by Gasteiger charge is 2.15. The number of carbonyl (C=O) groups excluding carboxylic acids is 3. The first-order valence-electron chi connectivity index (χ1n) is 9.72. The number of amides is 4. The molecule has 0 saturated carbocycles. The van der Waals surface area contributed by atoms with Crippen LogP contribution in [0.1, 0.15) is 48.4 Å². The second-order valence-electron chi connectivity index (χ2n) is 6.81. The lowest BCUT2D eigenvalue weighted by atomic mass is 10.1. The summed E-state index contributed by atoms with van der Waals surface area (Å²) in [6.07, 6.45) is 0. The number of benzene rings is 2. The van der Waals surface area contributed by atoms with E-state index in [1.54, 1.807) is 53.4 Å². The largest absolute Gasteiger partial charge is 0.339 e. The Bertz CT molecular complexity index is 859. The topological polar surface area (TPSA) is 90.5 Å². The van der Waals surface area contributed by atoms with E-state index in [2.05, 4.69) is 16.0 Å². The summed E-state index contributed by atoms with van der Waals surface area (Å²) in [5.74, 6) is -0.396. The SMILES string of the molecule is CCN(CC)C(=O)c1ccc(NC(=O)c2ccccc2NC(=O)NC(C)C)cc1. The average molecular weight is 396 g/mol. The Morgan fingerprint density at radius 1 is 0.897 bits per heavy atom. The predicted octanol–water partition coefficient (Wildman–Crippen LogP) is 3.95. The summed E-state index contributed by atoms with van der Waals surface area (Å²) in [6.45, 7) is 8.86. The molecule has 2 rings (SSSR count). The van der Waals surface area contributed by atoms with Gasteiger partial charge in [0.2, 0.25) is 0 Å². The minimum Gasteiger partial charge on any atom is -0.339 e. The molecule has 7 nitrogen and oxygen atoms in total. The fraction of sp³-hybridized carbons (Fsp3) is 0.318. The molecule has 7 heteroatoms. The van der Waals surface area contributed by atoms with Gasteiger partial charge >= 0.3 is 6.03 Å². The van der Waals surface area contributed by atoms with E-state index in [9.17, 15) is 14.4 Å². The first-order valence-corrected chi connectivity index (χ1v) is 9.72. The summed E-state index contributed by atoms with van der Waals surface area (Å²) in [7, 11) is 0. The van der Waals surface area contributed by atoms with E-state index in [0.717, 1.165) is 0 Å². The zero-order valence-corrected chi connectivity index (χ0v) is 17.3. The Morgan fingerprint density at radius 2 is 1.52 bits per heavy atom. The van der Waals surface area contributed by atoms with Crippen molar-refractivity contribution in [2.75, 3.05) is 23.7 Å². The molecule has 2 aromatic rings. The molecule has 0 unspecified atom stereocenters. The molecule has 0 spiro atoms. The van der Waals surface area contributed by atoms with Crippen LogP contribution >= 0.6 is 0 Å². The number of anilines is 2. The van der Waals surface area contributed by atoms with Crippen LogP contribution in [0.15, 0.2) is 48.5 Å². The van der Waals surface area contributed by atoms with Crippen molar-refractivity contribution in [3.63, 3.8) is 0 Å². The van der Waals surface area contributed by atoms with Gasteiger partial charge in [-0.25, -0.2) is 4.79 Å². The zero-order valence-electron chi connectivity index (χ0n) is 17.3. The van der Waals surface area contributed by atoms with Gasteiger partial charge in [-0.05, 0) is 64.1 Å². The minimum absolute atomic E-state index is 0.0199. The van der Waals surface area contributed by atoms with Gasteiger partial charge in [0.05, 0.1) is 11.3 Å². The van der Waals surface area contributed by atoms with Crippen LogP contribution in [0.3, 0.4) is 0 Å². The standard InChI is InChI=1S/C22H28N4O3/c1-5-26(6-2)21(28)16-11-13-17(14-12-16)24-20(27)18-9-7-8-10-19(18)25-22(29)23-15(3)4/h7-15H,5-6H2,1-4H3,(H,24,27)(H2,23,25,29). The van der Waals surface area contributed by atoms with E-state index >= 15 is 0 Å². The summed E-state index contributed by atoms with van der Waals surface area (Å²) in [5, 5.41) is 8.22. The van der Waals surface area contributed by atoms with E-state index < -0.39 is 0 Å². The van der Waals surface area contributed by atoms with Crippen LogP contribution in [0.4, 0.5) is 16.2 Å². The molecule has 0 saturated heterocycles. The molecular formula is C22H28N4O3. The number of urea groups is 1. The highest BCUT2D eigenvalue weighted by Crippen LogP contribution is 2.18. The molecule has 0 fully saturated rings. The van der Waals surface area contributed by atoms with Crippen molar-refractivity contribution in [2.45, 2.75) is 33.7 Å². The molecule has 2 aromatic carbocycles. The summed E-state index contributed by atoms with van der Waals surface area (Å²) in [6, 6.07) is 13.1. The van der Waals surface area contributed by atoms with Crippen molar-refractivity contribution in [3.05, 3.63) is 59.7 Å². The molecule has 0 heterocycles. The van der Waals surface area contributed by atoms with E-state index in [4.69, 9.17) is 0 Å². The van der Waals surface area contributed by atoms with Crippen molar-refractivity contribution in [2.24, 2.45) is 0 Å². The van der Waals surface area contributed by atoms with Crippen LogP contribution in [0.5, 0.6) is 0 Å². The van der Waals surface area contributed by atoms with Crippen LogP contribution in [0, 0.1) is 0 Å². The van der Waals surface area contributed by atoms with Crippen molar-refractivity contribution >= 4 is 29.2 Å². The Hall–Kier alpha value is -3.35. The normalized spacial score (nSPS) is 10.4. The Kier molecular flexibility index (Phi) is 7.77. The number of nitrogens with zero attached hydrogens (tertiary/aromatic N) is 1. The molecule has 154 valence electrons. The van der Waals surface area contributed by atoms with Gasteiger partial charge in [-0.15, -0.1) is 0 Å². The average Bonchev–Trinajstić information content (AvgIpc) is 2.69. The van der Waals surface area contributed by atoms with E-state index in [1.165, 1.54) is 0 Å². The second kappa shape index (κ2) is 10.3. The molecule has 3 N–H and O–H groups in total. The van der Waals surface area contributed by atoms with E-state index in [1.807, 2.05) is 27.7 Å². The maximum absolute atomic E-state index is 12.7. The third kappa shape index (κ3) is 6.07. The van der Waals surface area contributed by atoms with Crippen molar-refractivity contribution < 1.29 is 14.4 Å². The molecule has 29 heavy (non-hydrogen) atoms. The van der Waals surface area contributed by atoms with Crippen LogP contribution in [0.2, 0.25) is 0 Å². The molecule has 0 aromatic heterocycles. The monoisotopic (exact) mass is 396 g/mol. The van der Waals surface area contributed by atoms with Crippen LogP contribution in [-0.2, 0) is 0 Å². The van der Waals surface area contributed by atoms with Gasteiger partial charge in [-0.3, -0.25) is 9.59 Å². The quantitative estimate of drug-likeness (QED) is 0.662. The zero-order chi connectivity index (χ0) is 21.4. The molecule has 0 aliphatic carbocycles. The lowest BCUT2D eigenvalue weighted by molar-refractivity contribution is 0.0773. The number of rotatable bonds is 7. The van der Waals surface area contributed by atoms with Crippen molar-refractivity contribution in [3.8, 4) is 0 Å². The summed E-state index contributed by atoms with van der Waals surface area (Å²) in [5.41, 5.74) is 1.89. The third-order valence-corrected chi connectivity index (χ3v) is 4.28. The Morgan fingerprint density at radius 3 is 2.10 bits per heavy atom. The van der Waals surface area contributed by atoms with Crippen LogP contribution < -0.4 is 16.0 Å². The Labute approximate surface area is 171 Å². The third-order valence-electron chi connectivity index (χ3n) is 4.28. The van der Waals surface area contributed by atoms with E-state index in [0.29, 0.717) is 35.6 Å². The van der Waals surface area contributed by atoms with Gasteiger partial charge in [0.15, 0.2) is 0 Å². The van der Waals surface area contributed by atoms with Gasteiger partial charge in [0, 0.05) is 30.4 Å². The summed E-state index contributed by atoms with van der Waals surface area (Å²) in [4.78, 5) is 38.8. The molecule has 0 atom stereocenters. The summed E-state index contributed by atoms with van der Waals surface area (Å²) < 4.78 is 0. The second-order valence-corrected chi connectivity index (χ2v) is 6.81. The van der Waals surface area contributed by atoms with Crippen LogP contribution in [-0.4, -0.2) is 41.9 Å². The highest BCUT2D eigenvalue weighted by molar-refractivity contribution is 6.10.